The van der Waals surface area contributed by atoms with Gasteiger partial charge in [-0.2, -0.15) is 0 Å². The topological polar surface area (TPSA) is 4.93 Å². The van der Waals surface area contributed by atoms with Gasteiger partial charge in [-0.05, 0) is 118 Å². The van der Waals surface area contributed by atoms with Crippen LogP contribution in [-0.2, 0) is 5.41 Å². The highest BCUT2D eigenvalue weighted by atomic mass is 32.3. The molecule has 0 radical (unpaired) electrons. The Morgan fingerprint density at radius 2 is 0.788 bits per heavy atom. The molecule has 0 saturated heterocycles. The molecule has 318 valence electrons. The summed E-state index contributed by atoms with van der Waals surface area (Å²) < 4.78 is 17.5. The summed E-state index contributed by atoms with van der Waals surface area (Å²) in [4.78, 5) is 5.18. The molecule has 0 fully saturated rings. The summed E-state index contributed by atoms with van der Waals surface area (Å²) in [6.45, 7) is 4.00. The van der Waals surface area contributed by atoms with Gasteiger partial charge in [0.2, 0.25) is 0 Å². The molecule has 1 aliphatic rings. The third-order valence-electron chi connectivity index (χ3n) is 13.3. The molecule has 10 aromatic carbocycles. The Morgan fingerprint density at radius 1 is 0.364 bits per heavy atom. The highest BCUT2D eigenvalue weighted by molar-refractivity contribution is 8.34. The number of para-hydroxylation sites is 1. The van der Waals surface area contributed by atoms with Crippen LogP contribution >= 0.6 is 10.0 Å². The van der Waals surface area contributed by atoms with E-state index in [1.165, 1.54) is 59.0 Å². The maximum absolute atomic E-state index is 15.2. The van der Waals surface area contributed by atoms with Crippen LogP contribution in [0.3, 0.4) is 0 Å². The Balaban J connectivity index is 0.00000238. The quantitative estimate of drug-likeness (QED) is 0.143. The first-order valence-electron chi connectivity index (χ1n) is 22.8. The van der Waals surface area contributed by atoms with Crippen molar-refractivity contribution in [1.82, 2.24) is 4.57 Å². The van der Waals surface area contributed by atoms with Gasteiger partial charge in [0.15, 0.2) is 0 Å². The lowest BCUT2D eigenvalue weighted by Gasteiger charge is -2.42. The van der Waals surface area contributed by atoms with E-state index in [4.69, 9.17) is 0 Å². The molecular formula is C63H48FNS. The number of benzene rings is 10. The predicted octanol–water partition coefficient (Wildman–Crippen LogP) is 17.3. The summed E-state index contributed by atoms with van der Waals surface area (Å²) in [6.07, 6.45) is 0. The minimum absolute atomic E-state index is 0.225. The average Bonchev–Trinajstić information content (AvgIpc) is 3.89. The fraction of sp³-hybridized carbons (Fsp3) is 0.0476. The summed E-state index contributed by atoms with van der Waals surface area (Å²) in [7, 11) is -1.87. The lowest BCUT2D eigenvalue weighted by Crippen LogP contribution is -2.28. The number of aromatic nitrogens is 1. The van der Waals surface area contributed by atoms with E-state index >= 15 is 4.39 Å². The number of hydrogen-bond acceptors (Lipinski definition) is 0. The Bertz CT molecular complexity index is 3340. The summed E-state index contributed by atoms with van der Waals surface area (Å²) >= 11 is 0. The third kappa shape index (κ3) is 6.30. The number of halogens is 1. The summed E-state index contributed by atoms with van der Waals surface area (Å²) in [5.74, 6) is -0.225. The van der Waals surface area contributed by atoms with Crippen LogP contribution in [0.2, 0.25) is 0 Å². The minimum atomic E-state index is -1.87. The van der Waals surface area contributed by atoms with Gasteiger partial charge in [0.25, 0.3) is 0 Å². The van der Waals surface area contributed by atoms with Crippen molar-refractivity contribution < 1.29 is 4.39 Å². The second kappa shape index (κ2) is 17.0. The first-order valence-corrected chi connectivity index (χ1v) is 24.5. The molecule has 3 heteroatoms. The van der Waals surface area contributed by atoms with E-state index in [9.17, 15) is 0 Å². The Labute approximate surface area is 388 Å². The summed E-state index contributed by atoms with van der Waals surface area (Å²) in [5.41, 5.74) is 11.5. The highest BCUT2D eigenvalue weighted by Gasteiger charge is 2.46. The van der Waals surface area contributed by atoms with Gasteiger partial charge in [0.05, 0.1) is 16.4 Å². The van der Waals surface area contributed by atoms with Gasteiger partial charge in [0, 0.05) is 41.6 Å². The van der Waals surface area contributed by atoms with Gasteiger partial charge in [-0.3, -0.25) is 0 Å². The van der Waals surface area contributed by atoms with E-state index in [0.29, 0.717) is 5.56 Å². The molecule has 0 aliphatic heterocycles. The lowest BCUT2D eigenvalue weighted by atomic mass is 9.68. The van der Waals surface area contributed by atoms with Gasteiger partial charge < -0.3 is 4.57 Å². The number of nitrogens with zero attached hydrogens (tertiary/aromatic N) is 1. The molecule has 1 heterocycles. The van der Waals surface area contributed by atoms with Crippen molar-refractivity contribution in [3.05, 3.63) is 283 Å². The van der Waals surface area contributed by atoms with E-state index in [0.717, 1.165) is 33.1 Å². The highest BCUT2D eigenvalue weighted by Crippen LogP contribution is 2.73. The zero-order chi connectivity index (χ0) is 44.7. The fourth-order valence-corrected chi connectivity index (χ4v) is 14.5. The molecule has 66 heavy (non-hydrogen) atoms. The van der Waals surface area contributed by atoms with E-state index in [1.54, 1.807) is 6.07 Å². The minimum Gasteiger partial charge on any atom is -0.309 e. The van der Waals surface area contributed by atoms with Crippen molar-refractivity contribution in [2.75, 3.05) is 0 Å². The predicted molar refractivity (Wildman–Crippen MR) is 275 cm³/mol. The van der Waals surface area contributed by atoms with Crippen LogP contribution in [0.1, 0.15) is 36.1 Å². The van der Waals surface area contributed by atoms with Crippen molar-refractivity contribution in [1.29, 1.82) is 0 Å². The van der Waals surface area contributed by atoms with Crippen LogP contribution in [0.4, 0.5) is 4.39 Å². The molecule has 1 nitrogen and oxygen atoms in total. The van der Waals surface area contributed by atoms with Crippen molar-refractivity contribution in [2.24, 2.45) is 0 Å². The second-order valence-electron chi connectivity index (χ2n) is 16.5. The maximum Gasteiger partial charge on any atom is 0.131 e. The van der Waals surface area contributed by atoms with Crippen molar-refractivity contribution in [3.8, 4) is 27.9 Å². The standard InChI is InChI=1S/C61H42FNS.C2H6/c62-58-30-16-12-24-51(58)43-32-41-55-54-27-13-17-31-59(54)63(60(55)42-43)46-37-33-44(34-38-46)61(56-28-14-10-25-52(56)53-26-11-15-29-57(53)61)45-35-39-50(40-36-45)64(47-18-4-1-5-19-47,48-20-6-2-7-21-48)49-22-8-3-9-23-49;1-2/h1-42H;1-2H3. The molecule has 0 amide bonds. The smallest absolute Gasteiger partial charge is 0.131 e. The van der Waals surface area contributed by atoms with Gasteiger partial charge in [-0.25, -0.2) is 4.39 Å². The number of fused-ring (bicyclic) bond motifs is 6. The van der Waals surface area contributed by atoms with Crippen molar-refractivity contribution in [3.63, 3.8) is 0 Å². The average molecular weight is 870 g/mol. The molecule has 1 aliphatic carbocycles. The lowest BCUT2D eigenvalue weighted by molar-refractivity contribution is 0.631. The fourth-order valence-electron chi connectivity index (χ4n) is 10.6. The Kier molecular flexibility index (Phi) is 10.6. The SMILES string of the molecule is CC.Fc1ccccc1-c1ccc2c3ccccc3n(-c3ccc(C4(c5ccc(S(c6ccccc6)(c6ccccc6)c6ccccc6)cc5)c5ccccc5-c5ccccc54)cc3)c2c1. The van der Waals surface area contributed by atoms with Crippen molar-refractivity contribution in [2.45, 2.75) is 38.8 Å². The Morgan fingerprint density at radius 3 is 1.33 bits per heavy atom. The monoisotopic (exact) mass is 869 g/mol. The molecule has 11 aromatic rings. The summed E-state index contributed by atoms with van der Waals surface area (Å²) in [5, 5.41) is 2.30. The van der Waals surface area contributed by atoms with Crippen molar-refractivity contribution >= 4 is 31.8 Å². The molecule has 0 saturated carbocycles. The van der Waals surface area contributed by atoms with Gasteiger partial charge in [-0.15, -0.1) is 10.0 Å². The zero-order valence-corrected chi connectivity index (χ0v) is 37.8. The van der Waals surface area contributed by atoms with Crippen LogP contribution < -0.4 is 0 Å². The molecule has 0 atom stereocenters. The van der Waals surface area contributed by atoms with E-state index in [1.807, 2.05) is 32.0 Å². The molecule has 0 unspecified atom stereocenters. The zero-order valence-electron chi connectivity index (χ0n) is 37.0. The normalized spacial score (nSPS) is 12.8. The number of hydrogen-bond donors (Lipinski definition) is 0. The molecule has 0 N–H and O–H groups in total. The van der Waals surface area contributed by atoms with E-state index < -0.39 is 15.4 Å². The van der Waals surface area contributed by atoms with Crippen LogP contribution in [0.25, 0.3) is 49.7 Å². The van der Waals surface area contributed by atoms with Gasteiger partial charge >= 0.3 is 0 Å². The van der Waals surface area contributed by atoms with Crippen LogP contribution in [0, 0.1) is 5.82 Å². The maximum atomic E-state index is 15.2. The van der Waals surface area contributed by atoms with Gasteiger partial charge in [-0.1, -0.05) is 190 Å². The van der Waals surface area contributed by atoms with E-state index in [2.05, 4.69) is 229 Å². The first-order chi connectivity index (χ1) is 32.7. The molecule has 0 bridgehead atoms. The number of rotatable bonds is 8. The molecular weight excluding hydrogens is 822 g/mol. The summed E-state index contributed by atoms with van der Waals surface area (Å²) in [6, 6.07) is 91.7. The third-order valence-corrected chi connectivity index (χ3v) is 17.2. The molecule has 12 rings (SSSR count). The molecule has 1 aromatic heterocycles. The van der Waals surface area contributed by atoms with Crippen LogP contribution in [0.5, 0.6) is 0 Å². The van der Waals surface area contributed by atoms with Gasteiger partial charge in [0.1, 0.15) is 5.82 Å². The Hall–Kier alpha value is -7.72. The van der Waals surface area contributed by atoms with Crippen LogP contribution in [-0.4, -0.2) is 4.57 Å². The first kappa shape index (κ1) is 41.0. The van der Waals surface area contributed by atoms with Crippen LogP contribution in [0.15, 0.2) is 274 Å². The van der Waals surface area contributed by atoms with E-state index in [-0.39, 0.29) is 5.82 Å². The second-order valence-corrected chi connectivity index (χ2v) is 19.6. The molecule has 0 spiro atoms. The largest absolute Gasteiger partial charge is 0.309 e.